The molecule has 1 aromatic carbocycles. The number of fused-ring (bicyclic) bond motifs is 2. The van der Waals surface area contributed by atoms with Crippen molar-refractivity contribution in [1.29, 1.82) is 0 Å². The summed E-state index contributed by atoms with van der Waals surface area (Å²) >= 11 is 8.56. The van der Waals surface area contributed by atoms with E-state index in [9.17, 15) is 9.90 Å². The van der Waals surface area contributed by atoms with Crippen LogP contribution in [-0.2, 0) is 4.79 Å². The zero-order chi connectivity index (χ0) is 18.8. The van der Waals surface area contributed by atoms with E-state index in [-0.39, 0.29) is 20.3 Å². The van der Waals surface area contributed by atoms with Crippen molar-refractivity contribution in [2.24, 2.45) is 4.99 Å². The average Bonchev–Trinajstić information content (AvgIpc) is 2.84. The van der Waals surface area contributed by atoms with Crippen LogP contribution in [0.1, 0.15) is 0 Å². The Balaban J connectivity index is 2.09. The Morgan fingerprint density at radius 2 is 1.96 bits per heavy atom. The predicted octanol–water partition coefficient (Wildman–Crippen LogP) is 4.69. The van der Waals surface area contributed by atoms with E-state index >= 15 is 0 Å². The van der Waals surface area contributed by atoms with E-state index in [0.29, 0.717) is 5.75 Å². The number of benzene rings is 1. The summed E-state index contributed by atoms with van der Waals surface area (Å²) in [7, 11) is -2.20. The molecule has 2 aromatic rings. The molecule has 132 valence electrons. The Labute approximate surface area is 193 Å². The Kier molecular flexibility index (Phi) is 5.06. The summed E-state index contributed by atoms with van der Waals surface area (Å²) in [5, 5.41) is 13.0. The molecule has 26 heavy (non-hydrogen) atoms. The Morgan fingerprint density at radius 1 is 1.23 bits per heavy atom. The number of ketones is 1. The van der Waals surface area contributed by atoms with Gasteiger partial charge in [0.1, 0.15) is 0 Å². The Hall–Kier alpha value is -0.00364. The first-order valence-corrected chi connectivity index (χ1v) is 15.4. The van der Waals surface area contributed by atoms with E-state index in [0.717, 1.165) is 35.4 Å². The van der Waals surface area contributed by atoms with E-state index < -0.39 is 8.07 Å². The fourth-order valence-electron chi connectivity index (χ4n) is 3.44. The molecule has 1 aliphatic carbocycles. The summed E-state index contributed by atoms with van der Waals surface area (Å²) in [5.41, 5.74) is 2.74. The van der Waals surface area contributed by atoms with Gasteiger partial charge in [-0.1, -0.05) is 0 Å². The number of rotatable bonds is 1. The topological polar surface area (TPSA) is 49.7 Å². The molecular weight excluding hydrogens is 703 g/mol. The number of allylic oxidation sites excluding steroid dienone is 4. The summed E-state index contributed by atoms with van der Waals surface area (Å²) in [4.78, 5) is 16.8. The first-order chi connectivity index (χ1) is 12.2. The van der Waals surface area contributed by atoms with Crippen molar-refractivity contribution in [2.75, 3.05) is 0 Å². The number of phenolic OH excluding ortho intramolecular Hbond substituents is 1. The van der Waals surface area contributed by atoms with Crippen molar-refractivity contribution < 1.29 is 9.90 Å². The molecule has 1 aliphatic heterocycles. The van der Waals surface area contributed by atoms with Gasteiger partial charge in [0.15, 0.2) is 0 Å². The molecule has 0 spiro atoms. The van der Waals surface area contributed by atoms with Crippen LogP contribution in [-0.4, -0.2) is 39.2 Å². The molecule has 1 aromatic heterocycles. The van der Waals surface area contributed by atoms with E-state index in [1.165, 1.54) is 6.88 Å². The quantitative estimate of drug-likeness (QED) is 0.265. The van der Waals surface area contributed by atoms with Crippen LogP contribution in [0.4, 0.5) is 5.69 Å². The minimum atomic E-state index is -2.20. The van der Waals surface area contributed by atoms with E-state index in [1.807, 2.05) is 12.1 Å². The first kappa shape index (κ1) is 19.3. The first-order valence-electron chi connectivity index (χ1n) is 7.75. The van der Waals surface area contributed by atoms with Crippen molar-refractivity contribution in [3.63, 3.8) is 0 Å². The van der Waals surface area contributed by atoms with E-state index in [4.69, 9.17) is 4.99 Å². The molecule has 2 heterocycles. The summed E-state index contributed by atoms with van der Waals surface area (Å²) in [6.45, 7) is 4.48. The number of phenols is 1. The fourth-order valence-corrected chi connectivity index (χ4v) is 13.0. The van der Waals surface area contributed by atoms with Crippen LogP contribution in [0.5, 0.6) is 5.75 Å². The second-order valence-corrected chi connectivity index (χ2v) is 17.6. The number of carbonyl (C=O) groups is 1. The number of aromatic hydroxyl groups is 1. The van der Waals surface area contributed by atoms with E-state index in [1.54, 1.807) is 18.2 Å². The zero-order valence-corrected chi connectivity index (χ0v) is 22.3. The van der Waals surface area contributed by atoms with Gasteiger partial charge < -0.3 is 0 Å². The minimum absolute atomic E-state index is 0.0162. The van der Waals surface area contributed by atoms with Crippen molar-refractivity contribution in [1.82, 2.24) is 0 Å². The van der Waals surface area contributed by atoms with Gasteiger partial charge in [0.2, 0.25) is 0 Å². The van der Waals surface area contributed by atoms with Crippen molar-refractivity contribution in [2.45, 2.75) is 13.1 Å². The van der Waals surface area contributed by atoms with Crippen LogP contribution in [0.2, 0.25) is 13.1 Å². The molecular formula is C18H12BrI2NO2SeSi. The monoisotopic (exact) mass is 715 g/mol. The maximum absolute atomic E-state index is 12.0. The fraction of sp³-hybridized carbons (Fsp3) is 0.111. The maximum atomic E-state index is 12.0. The molecule has 0 fully saturated rings. The van der Waals surface area contributed by atoms with Crippen LogP contribution in [0.25, 0.3) is 10.0 Å². The number of hydrogen-bond donors (Lipinski definition) is 1. The summed E-state index contributed by atoms with van der Waals surface area (Å²) in [6, 6.07) is 3.65. The Morgan fingerprint density at radius 3 is 2.62 bits per heavy atom. The van der Waals surface area contributed by atoms with Gasteiger partial charge in [-0.05, 0) is 0 Å². The third-order valence-electron chi connectivity index (χ3n) is 4.65. The molecule has 0 amide bonds. The molecule has 0 bridgehead atoms. The zero-order valence-electron chi connectivity index (χ0n) is 13.7. The molecule has 0 saturated heterocycles. The van der Waals surface area contributed by atoms with Gasteiger partial charge in [-0.3, -0.25) is 0 Å². The van der Waals surface area contributed by atoms with Gasteiger partial charge in [-0.15, -0.1) is 0 Å². The number of halogens is 3. The van der Waals surface area contributed by atoms with Gasteiger partial charge in [0.25, 0.3) is 0 Å². The molecule has 1 N–H and O–H groups in total. The molecule has 0 unspecified atom stereocenters. The van der Waals surface area contributed by atoms with Crippen molar-refractivity contribution in [3.05, 3.63) is 46.0 Å². The third kappa shape index (κ3) is 2.91. The van der Waals surface area contributed by atoms with Crippen molar-refractivity contribution in [3.8, 4) is 15.8 Å². The summed E-state index contributed by atoms with van der Waals surface area (Å²) in [6.07, 6.45) is 5.14. The molecule has 3 nitrogen and oxygen atoms in total. The van der Waals surface area contributed by atoms with Gasteiger partial charge in [0.05, 0.1) is 0 Å². The standard InChI is InChI=1S/C18H12BrI2NO2SeSi/c1-26(2)12-7-8(23)3-4-9(12)22-10-5-6-11(24)13(17(10)26)16-15(20)14(19)18(21)25-16/h3-7,24H,1-2H3. The molecule has 0 radical (unpaired) electrons. The predicted molar refractivity (Wildman–Crippen MR) is 130 cm³/mol. The molecule has 0 saturated carbocycles. The van der Waals surface area contributed by atoms with Crippen LogP contribution >= 0.6 is 61.1 Å². The van der Waals surface area contributed by atoms with Crippen LogP contribution in [0, 0.1) is 6.01 Å². The van der Waals surface area contributed by atoms with Crippen LogP contribution in [0.15, 0.2) is 45.0 Å². The third-order valence-corrected chi connectivity index (χ3v) is 16.7. The molecule has 4 rings (SSSR count). The van der Waals surface area contributed by atoms with E-state index in [2.05, 4.69) is 74.2 Å². The SMILES string of the molecule is C[Si]1(C)C2=CC(=O)C=CC2=Nc2ccc(O)c(-c3[se]c(I)c(Br)c3I)c21. The van der Waals surface area contributed by atoms with Crippen LogP contribution < -0.4 is 5.19 Å². The molecule has 2 aliphatic rings. The average molecular weight is 715 g/mol. The van der Waals surface area contributed by atoms with Gasteiger partial charge >= 0.3 is 196 Å². The van der Waals surface area contributed by atoms with Gasteiger partial charge in [-0.2, -0.15) is 0 Å². The molecule has 8 heteroatoms. The number of nitrogens with zero attached hydrogens (tertiary/aromatic N) is 1. The second-order valence-electron chi connectivity index (χ2n) is 6.60. The summed E-state index contributed by atoms with van der Waals surface area (Å²) in [5.74, 6) is 0.321. The second kappa shape index (κ2) is 6.80. The number of aliphatic imine (C=N–C) groups is 1. The van der Waals surface area contributed by atoms with Gasteiger partial charge in [-0.25, -0.2) is 0 Å². The van der Waals surface area contributed by atoms with Crippen molar-refractivity contribution >= 4 is 106 Å². The number of hydrogen-bond acceptors (Lipinski definition) is 3. The summed E-state index contributed by atoms with van der Waals surface area (Å²) < 4.78 is 4.77. The number of carbonyl (C=O) groups excluding carboxylic acids is 1. The Bertz CT molecular complexity index is 1090. The van der Waals surface area contributed by atoms with Crippen LogP contribution in [0.3, 0.4) is 0 Å². The molecule has 0 atom stereocenters. The van der Waals surface area contributed by atoms with Gasteiger partial charge in [0, 0.05) is 0 Å². The normalized spacial score (nSPS) is 17.5.